The van der Waals surface area contributed by atoms with Crippen LogP contribution < -0.4 is 9.47 Å². The minimum atomic E-state index is 0.230. The molecule has 0 bridgehead atoms. The van der Waals surface area contributed by atoms with Crippen molar-refractivity contribution in [1.29, 1.82) is 0 Å². The number of phenolic OH excluding ortho intramolecular Hbond substituents is 1. The fraction of sp³-hybridized carbons (Fsp3) is 0.333. The van der Waals surface area contributed by atoms with Crippen molar-refractivity contribution in [2.75, 3.05) is 20.8 Å². The molecule has 0 fully saturated rings. The Morgan fingerprint density at radius 3 is 2.85 bits per heavy atom. The Balaban J connectivity index is 1.62. The summed E-state index contributed by atoms with van der Waals surface area (Å²) in [5.74, 6) is 1.67. The fourth-order valence-corrected chi connectivity index (χ4v) is 4.54. The van der Waals surface area contributed by atoms with Gasteiger partial charge in [-0.15, -0.1) is 0 Å². The van der Waals surface area contributed by atoms with Crippen molar-refractivity contribution in [3.63, 3.8) is 0 Å². The third kappa shape index (κ3) is 2.20. The van der Waals surface area contributed by atoms with E-state index in [1.807, 2.05) is 18.2 Å². The molecule has 0 amide bonds. The van der Waals surface area contributed by atoms with Crippen LogP contribution in [0.5, 0.6) is 17.2 Å². The van der Waals surface area contributed by atoms with Gasteiger partial charge in [0.2, 0.25) is 0 Å². The van der Waals surface area contributed by atoms with Gasteiger partial charge < -0.3 is 19.6 Å². The Labute approximate surface area is 152 Å². The number of aromatic nitrogens is 1. The molecule has 5 nitrogen and oxygen atoms in total. The van der Waals surface area contributed by atoms with Crippen molar-refractivity contribution >= 4 is 10.9 Å². The van der Waals surface area contributed by atoms with Crippen molar-refractivity contribution in [1.82, 2.24) is 9.88 Å². The number of fused-ring (bicyclic) bond motifs is 6. The molecule has 0 aliphatic carbocycles. The van der Waals surface area contributed by atoms with Crippen molar-refractivity contribution in [2.45, 2.75) is 25.4 Å². The molecule has 26 heavy (non-hydrogen) atoms. The predicted octanol–water partition coefficient (Wildman–Crippen LogP) is 3.55. The van der Waals surface area contributed by atoms with Gasteiger partial charge in [-0.3, -0.25) is 4.90 Å². The van der Waals surface area contributed by atoms with E-state index in [2.05, 4.69) is 22.0 Å². The first-order valence-electron chi connectivity index (χ1n) is 8.99. The van der Waals surface area contributed by atoms with E-state index in [1.165, 1.54) is 33.3 Å². The smallest absolute Gasteiger partial charge is 0.160 e. The molecule has 0 saturated heterocycles. The highest BCUT2D eigenvalue weighted by atomic mass is 16.5. The lowest BCUT2D eigenvalue weighted by Gasteiger charge is -2.40. The van der Waals surface area contributed by atoms with Crippen molar-refractivity contribution in [3.8, 4) is 17.2 Å². The van der Waals surface area contributed by atoms with E-state index >= 15 is 0 Å². The molecule has 3 aromatic rings. The summed E-state index contributed by atoms with van der Waals surface area (Å²) >= 11 is 0. The van der Waals surface area contributed by atoms with Crippen LogP contribution in [0.25, 0.3) is 10.9 Å². The molecule has 2 aliphatic heterocycles. The molecule has 1 atom stereocenters. The third-order valence-corrected chi connectivity index (χ3v) is 5.87. The van der Waals surface area contributed by atoms with Crippen LogP contribution >= 0.6 is 0 Å². The topological polar surface area (TPSA) is 57.7 Å². The van der Waals surface area contributed by atoms with Gasteiger partial charge in [0.1, 0.15) is 5.75 Å². The van der Waals surface area contributed by atoms with Gasteiger partial charge in [0, 0.05) is 35.7 Å². The quantitative estimate of drug-likeness (QED) is 0.742. The summed E-state index contributed by atoms with van der Waals surface area (Å²) < 4.78 is 10.8. The molecule has 0 saturated carbocycles. The first-order valence-corrected chi connectivity index (χ1v) is 8.99. The van der Waals surface area contributed by atoms with E-state index in [0.717, 1.165) is 31.7 Å². The van der Waals surface area contributed by atoms with Gasteiger partial charge in [-0.25, -0.2) is 0 Å². The van der Waals surface area contributed by atoms with E-state index in [1.54, 1.807) is 14.2 Å². The number of aromatic hydroxyl groups is 1. The molecule has 5 heteroatoms. The van der Waals surface area contributed by atoms with E-state index in [-0.39, 0.29) is 5.75 Å². The Kier molecular flexibility index (Phi) is 3.40. The number of aromatic amines is 1. The molecular weight excluding hydrogens is 328 g/mol. The van der Waals surface area contributed by atoms with Crippen LogP contribution in [0.15, 0.2) is 30.3 Å². The molecular formula is C21H22N2O3. The maximum Gasteiger partial charge on any atom is 0.160 e. The molecule has 1 aromatic heterocycles. The lowest BCUT2D eigenvalue weighted by atomic mass is 9.85. The molecule has 2 N–H and O–H groups in total. The van der Waals surface area contributed by atoms with Crippen molar-refractivity contribution < 1.29 is 14.6 Å². The third-order valence-electron chi connectivity index (χ3n) is 5.87. The standard InChI is InChI=1S/C21H22N2O3/c1-25-13-3-4-17-15(8-13)16-9-19-14-10-21(26-2)20(24)7-12(14)5-6-23(19)11-18(16)22-17/h3-4,7-8,10,19,22,24H,5-6,9,11H2,1-2H3/t19-/m0/s1. The predicted molar refractivity (Wildman–Crippen MR) is 100 cm³/mol. The number of phenols is 1. The summed E-state index contributed by atoms with van der Waals surface area (Å²) in [6.45, 7) is 1.92. The summed E-state index contributed by atoms with van der Waals surface area (Å²) in [7, 11) is 3.31. The number of rotatable bonds is 2. The number of nitrogens with zero attached hydrogens (tertiary/aromatic N) is 1. The summed E-state index contributed by atoms with van der Waals surface area (Å²) in [5.41, 5.74) is 6.34. The fourth-order valence-electron chi connectivity index (χ4n) is 4.54. The molecule has 3 heterocycles. The van der Waals surface area contributed by atoms with Gasteiger partial charge in [-0.1, -0.05) is 0 Å². The molecule has 0 radical (unpaired) electrons. The zero-order valence-corrected chi connectivity index (χ0v) is 15.0. The van der Waals surface area contributed by atoms with E-state index in [9.17, 15) is 5.11 Å². The van der Waals surface area contributed by atoms with Crippen LogP contribution in [0.1, 0.15) is 28.4 Å². The number of nitrogens with one attached hydrogen (secondary N) is 1. The highest BCUT2D eigenvalue weighted by Gasteiger charge is 2.34. The Morgan fingerprint density at radius 1 is 1.15 bits per heavy atom. The van der Waals surface area contributed by atoms with Crippen LogP contribution in [0.2, 0.25) is 0 Å². The van der Waals surface area contributed by atoms with Crippen LogP contribution in [0, 0.1) is 0 Å². The van der Waals surface area contributed by atoms with E-state index < -0.39 is 0 Å². The highest BCUT2D eigenvalue weighted by molar-refractivity contribution is 5.86. The Bertz CT molecular complexity index is 1010. The van der Waals surface area contributed by atoms with Gasteiger partial charge in [0.05, 0.1) is 14.2 Å². The second kappa shape index (κ2) is 5.68. The van der Waals surface area contributed by atoms with Crippen molar-refractivity contribution in [3.05, 3.63) is 52.7 Å². The van der Waals surface area contributed by atoms with Crippen LogP contribution in [0.3, 0.4) is 0 Å². The lowest BCUT2D eigenvalue weighted by Crippen LogP contribution is -2.39. The number of H-pyrrole nitrogens is 1. The van der Waals surface area contributed by atoms with Gasteiger partial charge >= 0.3 is 0 Å². The first kappa shape index (κ1) is 15.6. The molecule has 0 unspecified atom stereocenters. The largest absolute Gasteiger partial charge is 0.504 e. The van der Waals surface area contributed by atoms with Gasteiger partial charge in [-0.05, 0) is 59.9 Å². The van der Waals surface area contributed by atoms with Crippen LogP contribution in [0.4, 0.5) is 0 Å². The van der Waals surface area contributed by atoms with Crippen molar-refractivity contribution in [2.24, 2.45) is 0 Å². The second-order valence-corrected chi connectivity index (χ2v) is 7.16. The number of benzene rings is 2. The number of hydrogen-bond acceptors (Lipinski definition) is 4. The number of hydrogen-bond donors (Lipinski definition) is 2. The minimum absolute atomic E-state index is 0.230. The van der Waals surface area contributed by atoms with Gasteiger partial charge in [-0.2, -0.15) is 0 Å². The summed E-state index contributed by atoms with van der Waals surface area (Å²) in [5, 5.41) is 11.4. The molecule has 134 valence electrons. The lowest BCUT2D eigenvalue weighted by molar-refractivity contribution is 0.159. The highest BCUT2D eigenvalue weighted by Crippen LogP contribution is 2.43. The van der Waals surface area contributed by atoms with E-state index in [4.69, 9.17) is 9.47 Å². The Morgan fingerprint density at radius 2 is 2.04 bits per heavy atom. The zero-order chi connectivity index (χ0) is 17.8. The molecule has 2 aliphatic rings. The second-order valence-electron chi connectivity index (χ2n) is 7.16. The molecule has 5 rings (SSSR count). The summed E-state index contributed by atoms with van der Waals surface area (Å²) in [6, 6.07) is 10.4. The van der Waals surface area contributed by atoms with Gasteiger partial charge in [0.25, 0.3) is 0 Å². The summed E-state index contributed by atoms with van der Waals surface area (Å²) in [6.07, 6.45) is 1.90. The number of methoxy groups -OCH3 is 2. The molecule has 0 spiro atoms. The first-order chi connectivity index (χ1) is 12.7. The van der Waals surface area contributed by atoms with Crippen LogP contribution in [-0.2, 0) is 19.4 Å². The SMILES string of the molecule is COc1ccc2[nH]c3c(c2c1)C[C@H]1c2cc(OC)c(O)cc2CCN1C3. The average molecular weight is 350 g/mol. The monoisotopic (exact) mass is 350 g/mol. The maximum atomic E-state index is 10.1. The number of ether oxygens (including phenoxy) is 2. The average Bonchev–Trinajstić information content (AvgIpc) is 3.02. The zero-order valence-electron chi connectivity index (χ0n) is 15.0. The van der Waals surface area contributed by atoms with E-state index in [0.29, 0.717) is 11.8 Å². The minimum Gasteiger partial charge on any atom is -0.504 e. The normalized spacial score (nSPS) is 18.9. The van der Waals surface area contributed by atoms with Gasteiger partial charge in [0.15, 0.2) is 11.5 Å². The maximum absolute atomic E-state index is 10.1. The molecule has 2 aromatic carbocycles. The summed E-state index contributed by atoms with van der Waals surface area (Å²) in [4.78, 5) is 6.12. The Hall–Kier alpha value is -2.66. The van der Waals surface area contributed by atoms with Crippen LogP contribution in [-0.4, -0.2) is 35.8 Å².